The van der Waals surface area contributed by atoms with Gasteiger partial charge in [0.1, 0.15) is 11.5 Å². The zero-order chi connectivity index (χ0) is 22.3. The van der Waals surface area contributed by atoms with Crippen molar-refractivity contribution < 1.29 is 14.3 Å². The van der Waals surface area contributed by atoms with E-state index in [2.05, 4.69) is 24.0 Å². The molecule has 2 heterocycles. The molecular weight excluding hydrogens is 422 g/mol. The normalized spacial score (nSPS) is 10.8. The van der Waals surface area contributed by atoms with E-state index in [1.165, 1.54) is 16.9 Å². The van der Waals surface area contributed by atoms with Crippen LogP contribution in [0, 0.1) is 0 Å². The maximum atomic E-state index is 13.2. The molecule has 0 N–H and O–H groups in total. The van der Waals surface area contributed by atoms with E-state index in [4.69, 9.17) is 14.5 Å². The van der Waals surface area contributed by atoms with Crippen LogP contribution in [-0.4, -0.2) is 29.1 Å². The van der Waals surface area contributed by atoms with Crippen LogP contribution in [0.25, 0.3) is 10.2 Å². The summed E-state index contributed by atoms with van der Waals surface area (Å²) in [4.78, 5) is 23.9. The number of fused-ring (bicyclic) bond motifs is 1. The van der Waals surface area contributed by atoms with Crippen LogP contribution in [0.4, 0.5) is 5.13 Å². The van der Waals surface area contributed by atoms with Crippen LogP contribution in [0.3, 0.4) is 0 Å². The van der Waals surface area contributed by atoms with Gasteiger partial charge < -0.3 is 9.47 Å². The molecule has 0 radical (unpaired) electrons. The number of thiazole rings is 1. The van der Waals surface area contributed by atoms with Gasteiger partial charge in [-0.25, -0.2) is 4.98 Å². The molecule has 0 aliphatic rings. The Kier molecular flexibility index (Phi) is 6.97. The molecule has 0 atom stereocenters. The van der Waals surface area contributed by atoms with E-state index in [1.807, 2.05) is 43.3 Å². The molecule has 0 saturated carbocycles. The first-order chi connectivity index (χ1) is 15.7. The van der Waals surface area contributed by atoms with E-state index in [-0.39, 0.29) is 12.5 Å². The lowest BCUT2D eigenvalue weighted by Crippen LogP contribution is -2.34. The highest BCUT2D eigenvalue weighted by Crippen LogP contribution is 2.31. The second kappa shape index (κ2) is 10.2. The SMILES string of the molecule is CCOc1ccc(OCC(=O)N(Cc2ccccn2)c2nc3ccc(CC)cc3s2)cc1. The first-order valence-electron chi connectivity index (χ1n) is 10.6. The number of anilines is 1. The summed E-state index contributed by atoms with van der Waals surface area (Å²) >= 11 is 1.51. The van der Waals surface area contributed by atoms with Crippen molar-refractivity contribution >= 4 is 32.6 Å². The number of benzene rings is 2. The Hall–Kier alpha value is -3.45. The second-order valence-electron chi connectivity index (χ2n) is 7.15. The Balaban J connectivity index is 1.55. The molecule has 0 saturated heterocycles. The van der Waals surface area contributed by atoms with Crippen LogP contribution in [0.1, 0.15) is 25.1 Å². The molecule has 2 aromatic carbocycles. The van der Waals surface area contributed by atoms with Crippen LogP contribution in [0.5, 0.6) is 11.5 Å². The number of nitrogens with zero attached hydrogens (tertiary/aromatic N) is 3. The Morgan fingerprint density at radius 2 is 1.78 bits per heavy atom. The first-order valence-corrected chi connectivity index (χ1v) is 11.4. The molecule has 32 heavy (non-hydrogen) atoms. The Morgan fingerprint density at radius 3 is 2.47 bits per heavy atom. The number of hydrogen-bond donors (Lipinski definition) is 0. The molecule has 0 fully saturated rings. The summed E-state index contributed by atoms with van der Waals surface area (Å²) in [7, 11) is 0. The molecule has 164 valence electrons. The van der Waals surface area contributed by atoms with Gasteiger partial charge in [-0.2, -0.15) is 0 Å². The van der Waals surface area contributed by atoms with E-state index < -0.39 is 0 Å². The van der Waals surface area contributed by atoms with Crippen molar-refractivity contribution in [1.82, 2.24) is 9.97 Å². The highest BCUT2D eigenvalue weighted by atomic mass is 32.1. The lowest BCUT2D eigenvalue weighted by atomic mass is 10.2. The Bertz CT molecular complexity index is 1180. The van der Waals surface area contributed by atoms with E-state index in [0.717, 1.165) is 28.1 Å². The van der Waals surface area contributed by atoms with Crippen LogP contribution in [-0.2, 0) is 17.8 Å². The molecule has 2 aromatic heterocycles. The van der Waals surface area contributed by atoms with Gasteiger partial charge in [-0.05, 0) is 67.4 Å². The molecule has 1 amide bonds. The number of pyridine rings is 1. The molecule has 0 unspecified atom stereocenters. The van der Waals surface area contributed by atoms with Gasteiger partial charge in [0.05, 0.1) is 29.1 Å². The quantitative estimate of drug-likeness (QED) is 0.350. The lowest BCUT2D eigenvalue weighted by molar-refractivity contribution is -0.120. The highest BCUT2D eigenvalue weighted by Gasteiger charge is 2.21. The monoisotopic (exact) mass is 447 g/mol. The van der Waals surface area contributed by atoms with Gasteiger partial charge in [0, 0.05) is 6.20 Å². The van der Waals surface area contributed by atoms with E-state index in [9.17, 15) is 4.79 Å². The van der Waals surface area contributed by atoms with Crippen LogP contribution < -0.4 is 14.4 Å². The van der Waals surface area contributed by atoms with E-state index >= 15 is 0 Å². The predicted molar refractivity (Wildman–Crippen MR) is 128 cm³/mol. The zero-order valence-corrected chi connectivity index (χ0v) is 19.0. The Morgan fingerprint density at radius 1 is 1.00 bits per heavy atom. The molecule has 0 spiro atoms. The highest BCUT2D eigenvalue weighted by molar-refractivity contribution is 7.22. The topological polar surface area (TPSA) is 64.6 Å². The maximum Gasteiger partial charge on any atom is 0.267 e. The van der Waals surface area contributed by atoms with Crippen molar-refractivity contribution in [3.05, 3.63) is 78.1 Å². The average Bonchev–Trinajstić information content (AvgIpc) is 3.25. The summed E-state index contributed by atoms with van der Waals surface area (Å²) in [5.74, 6) is 1.19. The number of carbonyl (C=O) groups is 1. The Labute approximate surface area is 191 Å². The van der Waals surface area contributed by atoms with Gasteiger partial charge in [0.15, 0.2) is 11.7 Å². The number of carbonyl (C=O) groups excluding carboxylic acids is 1. The number of ether oxygens (including phenoxy) is 2. The number of rotatable bonds is 9. The van der Waals surface area contributed by atoms with Gasteiger partial charge in [0.25, 0.3) is 5.91 Å². The fraction of sp³-hybridized carbons (Fsp3) is 0.240. The zero-order valence-electron chi connectivity index (χ0n) is 18.2. The molecule has 4 rings (SSSR count). The van der Waals surface area contributed by atoms with Gasteiger partial charge in [-0.1, -0.05) is 30.4 Å². The molecule has 0 bridgehead atoms. The smallest absolute Gasteiger partial charge is 0.267 e. The summed E-state index contributed by atoms with van der Waals surface area (Å²) in [6.45, 7) is 4.88. The fourth-order valence-electron chi connectivity index (χ4n) is 3.23. The first kappa shape index (κ1) is 21.8. The summed E-state index contributed by atoms with van der Waals surface area (Å²) in [5, 5.41) is 0.638. The van der Waals surface area contributed by atoms with Crippen LogP contribution in [0.15, 0.2) is 66.9 Å². The molecule has 0 aliphatic carbocycles. The van der Waals surface area contributed by atoms with Crippen molar-refractivity contribution in [3.8, 4) is 11.5 Å². The largest absolute Gasteiger partial charge is 0.494 e. The second-order valence-corrected chi connectivity index (χ2v) is 8.16. The third-order valence-electron chi connectivity index (χ3n) is 4.93. The van der Waals surface area contributed by atoms with E-state index in [1.54, 1.807) is 23.2 Å². The maximum absolute atomic E-state index is 13.2. The standard InChI is InChI=1S/C25H25N3O3S/c1-3-18-8-13-22-23(15-18)32-25(27-22)28(16-19-7-5-6-14-26-19)24(29)17-31-21-11-9-20(10-12-21)30-4-2/h5-15H,3-4,16-17H2,1-2H3. The van der Waals surface area contributed by atoms with Crippen molar-refractivity contribution in [2.24, 2.45) is 0 Å². The number of aromatic nitrogens is 2. The molecule has 0 aliphatic heterocycles. The van der Waals surface area contributed by atoms with Gasteiger partial charge >= 0.3 is 0 Å². The fourth-order valence-corrected chi connectivity index (χ4v) is 4.28. The van der Waals surface area contributed by atoms with Crippen molar-refractivity contribution in [3.63, 3.8) is 0 Å². The summed E-state index contributed by atoms with van der Waals surface area (Å²) < 4.78 is 12.3. The number of amides is 1. The van der Waals surface area contributed by atoms with Crippen LogP contribution >= 0.6 is 11.3 Å². The van der Waals surface area contributed by atoms with E-state index in [0.29, 0.717) is 24.0 Å². The molecule has 4 aromatic rings. The molecular formula is C25H25N3O3S. The molecule has 7 heteroatoms. The van der Waals surface area contributed by atoms with Crippen molar-refractivity contribution in [2.45, 2.75) is 26.8 Å². The van der Waals surface area contributed by atoms with Crippen LogP contribution in [0.2, 0.25) is 0 Å². The van der Waals surface area contributed by atoms with Gasteiger partial charge in [0.2, 0.25) is 0 Å². The third kappa shape index (κ3) is 5.23. The third-order valence-corrected chi connectivity index (χ3v) is 5.97. The summed E-state index contributed by atoms with van der Waals surface area (Å²) in [6.07, 6.45) is 2.68. The number of hydrogen-bond acceptors (Lipinski definition) is 6. The van der Waals surface area contributed by atoms with Gasteiger partial charge in [-0.15, -0.1) is 0 Å². The number of aryl methyl sites for hydroxylation is 1. The summed E-state index contributed by atoms with van der Waals surface area (Å²) in [5.41, 5.74) is 2.91. The minimum atomic E-state index is -0.181. The molecule has 6 nitrogen and oxygen atoms in total. The minimum absolute atomic E-state index is 0.100. The lowest BCUT2D eigenvalue weighted by Gasteiger charge is -2.19. The van der Waals surface area contributed by atoms with Crippen molar-refractivity contribution in [2.75, 3.05) is 18.1 Å². The average molecular weight is 448 g/mol. The minimum Gasteiger partial charge on any atom is -0.494 e. The summed E-state index contributed by atoms with van der Waals surface area (Å²) in [6, 6.07) is 19.1. The predicted octanol–water partition coefficient (Wildman–Crippen LogP) is 5.26. The van der Waals surface area contributed by atoms with Gasteiger partial charge in [-0.3, -0.25) is 14.7 Å². The van der Waals surface area contributed by atoms with Crippen molar-refractivity contribution in [1.29, 1.82) is 0 Å².